The smallest absolute Gasteiger partial charge is 0.286 e. The summed E-state index contributed by atoms with van der Waals surface area (Å²) in [6, 6.07) is 8.75. The topological polar surface area (TPSA) is 117 Å². The van der Waals surface area contributed by atoms with Crippen LogP contribution in [0.1, 0.15) is 27.6 Å². The molecule has 1 amide bonds. The number of hydrogen-bond donors (Lipinski definition) is 1. The molecule has 9 heteroatoms. The van der Waals surface area contributed by atoms with Crippen LogP contribution in [0, 0.1) is 10.1 Å². The number of amides is 1. The Morgan fingerprint density at radius 2 is 1.79 bits per heavy atom. The number of nitrogens with one attached hydrogen (secondary N) is 1. The van der Waals surface area contributed by atoms with Crippen molar-refractivity contribution in [2.45, 2.75) is 6.92 Å². The average Bonchev–Trinajstić information content (AvgIpc) is 2.67. The van der Waals surface area contributed by atoms with Crippen molar-refractivity contribution in [3.05, 3.63) is 57.6 Å². The largest absolute Gasteiger partial charge is 0.493 e. The molecule has 0 bridgehead atoms. The summed E-state index contributed by atoms with van der Waals surface area (Å²) in [6.07, 6.45) is 0. The van der Waals surface area contributed by atoms with Gasteiger partial charge in [-0.3, -0.25) is 19.7 Å². The van der Waals surface area contributed by atoms with Crippen LogP contribution in [0.3, 0.4) is 0 Å². The summed E-state index contributed by atoms with van der Waals surface area (Å²) in [6.45, 7) is 1.80. The number of nitrogens with zero attached hydrogens (tertiary/aromatic N) is 1. The van der Waals surface area contributed by atoms with E-state index in [1.807, 2.05) is 0 Å². The van der Waals surface area contributed by atoms with Crippen molar-refractivity contribution >= 4 is 23.1 Å². The fraction of sp³-hybridized carbons (Fsp3) is 0.263. The number of ether oxygens (including phenoxy) is 3. The Balaban J connectivity index is 2.42. The molecule has 2 rings (SSSR count). The molecule has 0 saturated heterocycles. The molecule has 0 aliphatic heterocycles. The first-order chi connectivity index (χ1) is 13.4. The molecule has 9 nitrogen and oxygen atoms in total. The van der Waals surface area contributed by atoms with Crippen LogP contribution in [0.2, 0.25) is 0 Å². The summed E-state index contributed by atoms with van der Waals surface area (Å²) < 4.78 is 15.5. The lowest BCUT2D eigenvalue weighted by Gasteiger charge is -2.13. The summed E-state index contributed by atoms with van der Waals surface area (Å²) >= 11 is 0. The molecule has 2 aromatic carbocycles. The number of rotatable bonds is 9. The number of carbonyl (C=O) groups is 2. The van der Waals surface area contributed by atoms with Gasteiger partial charge in [0.2, 0.25) is 0 Å². The molecule has 1 N–H and O–H groups in total. The molecule has 0 aliphatic carbocycles. The molecule has 0 unspecified atom stereocenters. The number of nitro groups is 1. The molecule has 0 atom stereocenters. The molecule has 2 aromatic rings. The summed E-state index contributed by atoms with van der Waals surface area (Å²) in [5.74, 6) is -0.717. The highest BCUT2D eigenvalue weighted by Gasteiger charge is 2.25. The Labute approximate surface area is 161 Å². The summed E-state index contributed by atoms with van der Waals surface area (Å²) in [5.41, 5.74) is -0.121. The normalized spacial score (nSPS) is 10.2. The van der Waals surface area contributed by atoms with Crippen LogP contribution in [-0.4, -0.2) is 44.0 Å². The van der Waals surface area contributed by atoms with Gasteiger partial charge >= 0.3 is 0 Å². The zero-order valence-corrected chi connectivity index (χ0v) is 15.7. The van der Waals surface area contributed by atoms with E-state index >= 15 is 0 Å². The first-order valence-corrected chi connectivity index (χ1v) is 8.28. The van der Waals surface area contributed by atoms with E-state index in [0.717, 1.165) is 6.07 Å². The maximum atomic E-state index is 12.7. The number of Topliss-reactive ketones (excluding diaryl/α,β-unsaturated/α-hetero) is 1. The third kappa shape index (κ3) is 4.83. The summed E-state index contributed by atoms with van der Waals surface area (Å²) in [7, 11) is 2.85. The van der Waals surface area contributed by atoms with Gasteiger partial charge in [-0.25, -0.2) is 0 Å². The zero-order valence-electron chi connectivity index (χ0n) is 15.7. The monoisotopic (exact) mass is 388 g/mol. The van der Waals surface area contributed by atoms with Crippen molar-refractivity contribution in [1.82, 2.24) is 0 Å². The van der Waals surface area contributed by atoms with Gasteiger partial charge in [0.05, 0.1) is 30.4 Å². The van der Waals surface area contributed by atoms with Gasteiger partial charge in [-0.1, -0.05) is 12.1 Å². The van der Waals surface area contributed by atoms with Gasteiger partial charge in [-0.2, -0.15) is 0 Å². The molecular weight excluding hydrogens is 368 g/mol. The van der Waals surface area contributed by atoms with Crippen molar-refractivity contribution in [3.63, 3.8) is 0 Å². The van der Waals surface area contributed by atoms with Crippen LogP contribution >= 0.6 is 0 Å². The number of anilines is 1. The van der Waals surface area contributed by atoms with Crippen LogP contribution in [0.15, 0.2) is 36.4 Å². The van der Waals surface area contributed by atoms with E-state index in [4.69, 9.17) is 14.2 Å². The molecule has 28 heavy (non-hydrogen) atoms. The fourth-order valence-electron chi connectivity index (χ4n) is 2.48. The number of ketones is 1. The molecule has 0 radical (unpaired) electrons. The molecule has 0 spiro atoms. The number of nitro benzene ring substituents is 1. The number of carbonyl (C=O) groups excluding carboxylic acids is 2. The molecule has 0 heterocycles. The average molecular weight is 388 g/mol. The minimum Gasteiger partial charge on any atom is -0.493 e. The molecular formula is C19H20N2O7. The van der Waals surface area contributed by atoms with E-state index in [2.05, 4.69) is 5.32 Å². The Morgan fingerprint density at radius 1 is 1.07 bits per heavy atom. The zero-order chi connectivity index (χ0) is 20.7. The Hall–Kier alpha value is -3.46. The molecule has 0 saturated carbocycles. The SMILES string of the molecule is COCCOc1cc([N+](=O)[O-])c(C(=O)Nc2ccccc2C(C)=O)cc1OC. The Morgan fingerprint density at radius 3 is 2.39 bits per heavy atom. The summed E-state index contributed by atoms with van der Waals surface area (Å²) in [5, 5.41) is 14.0. The lowest BCUT2D eigenvalue weighted by molar-refractivity contribution is -0.385. The Kier molecular flexibility index (Phi) is 7.05. The third-order valence-electron chi connectivity index (χ3n) is 3.82. The lowest BCUT2D eigenvalue weighted by Crippen LogP contribution is -2.16. The molecule has 0 aromatic heterocycles. The highest BCUT2D eigenvalue weighted by atomic mass is 16.6. The lowest BCUT2D eigenvalue weighted by atomic mass is 10.1. The summed E-state index contributed by atoms with van der Waals surface area (Å²) in [4.78, 5) is 35.2. The number of benzene rings is 2. The fourth-order valence-corrected chi connectivity index (χ4v) is 2.48. The second-order valence-electron chi connectivity index (χ2n) is 5.67. The van der Waals surface area contributed by atoms with Crippen LogP contribution in [0.5, 0.6) is 11.5 Å². The van der Waals surface area contributed by atoms with Crippen molar-refractivity contribution in [2.24, 2.45) is 0 Å². The first kappa shape index (κ1) is 20.8. The Bertz CT molecular complexity index is 896. The second-order valence-corrected chi connectivity index (χ2v) is 5.67. The molecule has 148 valence electrons. The van der Waals surface area contributed by atoms with E-state index in [-0.39, 0.29) is 41.7 Å². The van der Waals surface area contributed by atoms with Gasteiger partial charge in [0, 0.05) is 18.7 Å². The van der Waals surface area contributed by atoms with E-state index in [1.54, 1.807) is 24.3 Å². The van der Waals surface area contributed by atoms with Crippen LogP contribution in [0.25, 0.3) is 0 Å². The quantitative estimate of drug-likeness (QED) is 0.304. The van der Waals surface area contributed by atoms with Crippen LogP contribution in [0.4, 0.5) is 11.4 Å². The van der Waals surface area contributed by atoms with E-state index in [1.165, 1.54) is 27.2 Å². The third-order valence-corrected chi connectivity index (χ3v) is 3.82. The first-order valence-electron chi connectivity index (χ1n) is 8.28. The standard InChI is InChI=1S/C19H20N2O7/c1-12(22)13-6-4-5-7-15(13)20-19(23)14-10-17(27-3)18(28-9-8-26-2)11-16(14)21(24)25/h4-7,10-11H,8-9H2,1-3H3,(H,20,23). The van der Waals surface area contributed by atoms with E-state index in [9.17, 15) is 19.7 Å². The van der Waals surface area contributed by atoms with E-state index in [0.29, 0.717) is 5.56 Å². The highest BCUT2D eigenvalue weighted by molar-refractivity contribution is 6.11. The van der Waals surface area contributed by atoms with Gasteiger partial charge in [0.25, 0.3) is 11.6 Å². The van der Waals surface area contributed by atoms with Crippen molar-refractivity contribution < 1.29 is 28.7 Å². The maximum absolute atomic E-state index is 12.7. The molecule has 0 aliphatic rings. The predicted octanol–water partition coefficient (Wildman–Crippen LogP) is 3.08. The van der Waals surface area contributed by atoms with Crippen molar-refractivity contribution in [2.75, 3.05) is 32.8 Å². The highest BCUT2D eigenvalue weighted by Crippen LogP contribution is 2.35. The minimum absolute atomic E-state index is 0.118. The number of hydrogen-bond acceptors (Lipinski definition) is 7. The van der Waals surface area contributed by atoms with Gasteiger partial charge in [0.1, 0.15) is 12.2 Å². The van der Waals surface area contributed by atoms with Crippen LogP contribution < -0.4 is 14.8 Å². The maximum Gasteiger partial charge on any atom is 0.286 e. The van der Waals surface area contributed by atoms with Gasteiger partial charge in [-0.15, -0.1) is 0 Å². The van der Waals surface area contributed by atoms with Gasteiger partial charge in [0.15, 0.2) is 17.3 Å². The predicted molar refractivity (Wildman–Crippen MR) is 101 cm³/mol. The number of methoxy groups -OCH3 is 2. The second kappa shape index (κ2) is 9.47. The molecule has 0 fully saturated rings. The van der Waals surface area contributed by atoms with E-state index < -0.39 is 16.5 Å². The van der Waals surface area contributed by atoms with Crippen LogP contribution in [-0.2, 0) is 4.74 Å². The van der Waals surface area contributed by atoms with Gasteiger partial charge in [-0.05, 0) is 19.1 Å². The van der Waals surface area contributed by atoms with Gasteiger partial charge < -0.3 is 19.5 Å². The van der Waals surface area contributed by atoms with Crippen molar-refractivity contribution in [3.8, 4) is 11.5 Å². The van der Waals surface area contributed by atoms with Crippen molar-refractivity contribution in [1.29, 1.82) is 0 Å². The minimum atomic E-state index is -0.748. The number of para-hydroxylation sites is 1.